The molecule has 4 rings (SSSR count). The molecule has 2 aromatic heterocycles. The fourth-order valence-corrected chi connectivity index (χ4v) is 3.73. The van der Waals surface area contributed by atoms with Gasteiger partial charge in [0.1, 0.15) is 5.82 Å². The van der Waals surface area contributed by atoms with E-state index in [9.17, 15) is 31.1 Å². The Kier molecular flexibility index (Phi) is 6.24. The van der Waals surface area contributed by atoms with Crippen molar-refractivity contribution >= 4 is 11.7 Å². The average molecular weight is 483 g/mol. The molecule has 0 spiro atoms. The summed E-state index contributed by atoms with van der Waals surface area (Å²) >= 11 is 0. The van der Waals surface area contributed by atoms with Crippen molar-refractivity contribution in [3.63, 3.8) is 0 Å². The molecule has 0 saturated carbocycles. The zero-order valence-corrected chi connectivity index (χ0v) is 17.6. The van der Waals surface area contributed by atoms with Gasteiger partial charge in [-0.05, 0) is 42.7 Å². The van der Waals surface area contributed by atoms with E-state index < -0.39 is 40.8 Å². The molecule has 1 aromatic carbocycles. The average Bonchev–Trinajstić information content (AvgIpc) is 3.47. The second-order valence-corrected chi connectivity index (χ2v) is 7.77. The summed E-state index contributed by atoms with van der Waals surface area (Å²) in [5.41, 5.74) is -3.29. The van der Waals surface area contributed by atoms with E-state index in [-0.39, 0.29) is 11.2 Å². The van der Waals surface area contributed by atoms with Crippen LogP contribution in [0.3, 0.4) is 0 Å². The molecular formula is C22H19F6N5O. The van der Waals surface area contributed by atoms with Crippen molar-refractivity contribution in [2.45, 2.75) is 31.7 Å². The van der Waals surface area contributed by atoms with Gasteiger partial charge in [-0.1, -0.05) is 12.1 Å². The quantitative estimate of drug-likeness (QED) is 0.528. The van der Waals surface area contributed by atoms with E-state index in [0.717, 1.165) is 49.9 Å². The van der Waals surface area contributed by atoms with Crippen molar-refractivity contribution in [3.8, 4) is 5.69 Å². The number of nitrogens with zero attached hydrogens (tertiary/aromatic N) is 4. The second-order valence-electron chi connectivity index (χ2n) is 7.77. The Balaban J connectivity index is 1.55. The topological polar surface area (TPSA) is 63.1 Å². The first-order chi connectivity index (χ1) is 16.0. The minimum atomic E-state index is -5.05. The maximum absolute atomic E-state index is 13.8. The van der Waals surface area contributed by atoms with Crippen LogP contribution in [0.1, 0.15) is 40.0 Å². The third kappa shape index (κ3) is 5.00. The number of pyridine rings is 1. The SMILES string of the molecule is O=C(NCc1ccc(N2CCCC2)nc1)c1cnn(-c2cccc(C(F)(F)F)c2)c1C(F)(F)F. The third-order valence-corrected chi connectivity index (χ3v) is 5.39. The zero-order chi connectivity index (χ0) is 24.5. The van der Waals surface area contributed by atoms with Crippen LogP contribution in [0.2, 0.25) is 0 Å². The number of carbonyl (C=O) groups excluding carboxylic acids is 1. The van der Waals surface area contributed by atoms with E-state index in [4.69, 9.17) is 0 Å². The highest BCUT2D eigenvalue weighted by atomic mass is 19.4. The first-order valence-electron chi connectivity index (χ1n) is 10.3. The standard InChI is InChI=1S/C22H19F6N5O/c23-21(24,25)15-4-3-5-16(10-15)33-19(22(26,27)28)17(13-31-33)20(34)30-12-14-6-7-18(29-11-14)32-8-1-2-9-32/h3-7,10-11,13H,1-2,8-9,12H2,(H,30,34). The van der Waals surface area contributed by atoms with Gasteiger partial charge in [0.25, 0.3) is 5.91 Å². The molecule has 1 N–H and O–H groups in total. The molecular weight excluding hydrogens is 464 g/mol. The summed E-state index contributed by atoms with van der Waals surface area (Å²) in [5.74, 6) is -0.275. The van der Waals surface area contributed by atoms with Gasteiger partial charge in [-0.2, -0.15) is 31.4 Å². The summed E-state index contributed by atoms with van der Waals surface area (Å²) in [7, 11) is 0. The zero-order valence-electron chi connectivity index (χ0n) is 17.6. The predicted octanol–water partition coefficient (Wildman–Crippen LogP) is 4.84. The molecule has 1 amide bonds. The minimum Gasteiger partial charge on any atom is -0.357 e. The normalized spacial score (nSPS) is 14.5. The van der Waals surface area contributed by atoms with Gasteiger partial charge in [-0.3, -0.25) is 4.79 Å². The van der Waals surface area contributed by atoms with E-state index in [0.29, 0.717) is 17.8 Å². The van der Waals surface area contributed by atoms with Crippen LogP contribution >= 0.6 is 0 Å². The second kappa shape index (κ2) is 8.99. The van der Waals surface area contributed by atoms with Crippen molar-refractivity contribution in [3.05, 3.63) is 71.2 Å². The first-order valence-corrected chi connectivity index (χ1v) is 10.3. The van der Waals surface area contributed by atoms with Crippen LogP contribution in [0.25, 0.3) is 5.69 Å². The van der Waals surface area contributed by atoms with Gasteiger partial charge >= 0.3 is 12.4 Å². The lowest BCUT2D eigenvalue weighted by Crippen LogP contribution is -2.26. The van der Waals surface area contributed by atoms with Crippen molar-refractivity contribution in [2.24, 2.45) is 0 Å². The fourth-order valence-electron chi connectivity index (χ4n) is 3.73. The summed E-state index contributed by atoms with van der Waals surface area (Å²) in [6.45, 7) is 1.72. The van der Waals surface area contributed by atoms with Crippen molar-refractivity contribution in [1.82, 2.24) is 20.1 Å². The van der Waals surface area contributed by atoms with Crippen LogP contribution in [0.4, 0.5) is 32.2 Å². The Bertz CT molecular complexity index is 1160. The number of anilines is 1. The molecule has 3 aromatic rings. The highest BCUT2D eigenvalue weighted by Gasteiger charge is 2.41. The van der Waals surface area contributed by atoms with Crippen molar-refractivity contribution in [2.75, 3.05) is 18.0 Å². The van der Waals surface area contributed by atoms with E-state index >= 15 is 0 Å². The van der Waals surface area contributed by atoms with Gasteiger partial charge < -0.3 is 10.2 Å². The Morgan fingerprint density at radius 3 is 2.32 bits per heavy atom. The molecule has 34 heavy (non-hydrogen) atoms. The van der Waals surface area contributed by atoms with Gasteiger partial charge in [0, 0.05) is 25.8 Å². The minimum absolute atomic E-state index is 0.0852. The molecule has 0 atom stereocenters. The number of aromatic nitrogens is 3. The van der Waals surface area contributed by atoms with Gasteiger partial charge in [-0.25, -0.2) is 9.67 Å². The molecule has 6 nitrogen and oxygen atoms in total. The molecule has 1 aliphatic rings. The van der Waals surface area contributed by atoms with Crippen LogP contribution < -0.4 is 10.2 Å². The number of rotatable bonds is 5. The summed E-state index contributed by atoms with van der Waals surface area (Å²) in [6.07, 6.45) is -5.42. The van der Waals surface area contributed by atoms with Gasteiger partial charge in [0.2, 0.25) is 0 Å². The number of carbonyl (C=O) groups is 1. The number of alkyl halides is 6. The smallest absolute Gasteiger partial charge is 0.357 e. The number of hydrogen-bond acceptors (Lipinski definition) is 4. The molecule has 180 valence electrons. The summed E-state index contributed by atoms with van der Waals surface area (Å²) in [6, 6.07) is 6.79. The van der Waals surface area contributed by atoms with Gasteiger partial charge in [0.15, 0.2) is 5.69 Å². The lowest BCUT2D eigenvalue weighted by molar-refractivity contribution is -0.143. The molecule has 12 heteroatoms. The number of amides is 1. The molecule has 1 fully saturated rings. The van der Waals surface area contributed by atoms with E-state index in [2.05, 4.69) is 20.3 Å². The van der Waals surface area contributed by atoms with Crippen LogP contribution in [0.15, 0.2) is 48.8 Å². The number of nitrogens with one attached hydrogen (secondary N) is 1. The van der Waals surface area contributed by atoms with Crippen LogP contribution in [0.5, 0.6) is 0 Å². The van der Waals surface area contributed by atoms with E-state index in [1.54, 1.807) is 12.1 Å². The van der Waals surface area contributed by atoms with Gasteiger partial charge in [0.05, 0.1) is 23.0 Å². The summed E-state index contributed by atoms with van der Waals surface area (Å²) < 4.78 is 80.7. The summed E-state index contributed by atoms with van der Waals surface area (Å²) in [4.78, 5) is 19.0. The van der Waals surface area contributed by atoms with Crippen LogP contribution in [0, 0.1) is 0 Å². The number of hydrogen-bond donors (Lipinski definition) is 1. The molecule has 1 saturated heterocycles. The maximum Gasteiger partial charge on any atom is 0.434 e. The molecule has 0 aliphatic carbocycles. The molecule has 0 unspecified atom stereocenters. The first kappa shape index (κ1) is 23.6. The molecule has 0 radical (unpaired) electrons. The van der Waals surface area contributed by atoms with Crippen LogP contribution in [-0.4, -0.2) is 33.8 Å². The lowest BCUT2D eigenvalue weighted by Gasteiger charge is -2.16. The lowest BCUT2D eigenvalue weighted by atomic mass is 10.1. The Labute approximate surface area is 190 Å². The Hall–Kier alpha value is -3.57. The predicted molar refractivity (Wildman–Crippen MR) is 110 cm³/mol. The van der Waals surface area contributed by atoms with Crippen molar-refractivity contribution in [1.29, 1.82) is 0 Å². The largest absolute Gasteiger partial charge is 0.434 e. The van der Waals surface area contributed by atoms with Gasteiger partial charge in [-0.15, -0.1) is 0 Å². The van der Waals surface area contributed by atoms with E-state index in [1.807, 2.05) is 0 Å². The maximum atomic E-state index is 13.8. The highest BCUT2D eigenvalue weighted by Crippen LogP contribution is 2.35. The fraction of sp³-hybridized carbons (Fsp3) is 0.318. The van der Waals surface area contributed by atoms with Crippen molar-refractivity contribution < 1.29 is 31.1 Å². The molecule has 1 aliphatic heterocycles. The Morgan fingerprint density at radius 1 is 0.971 bits per heavy atom. The highest BCUT2D eigenvalue weighted by molar-refractivity contribution is 5.95. The summed E-state index contributed by atoms with van der Waals surface area (Å²) in [5, 5.41) is 5.95. The monoisotopic (exact) mass is 483 g/mol. The molecule has 3 heterocycles. The number of benzene rings is 1. The van der Waals surface area contributed by atoms with Crippen LogP contribution in [-0.2, 0) is 18.9 Å². The Morgan fingerprint density at radius 2 is 1.71 bits per heavy atom. The van der Waals surface area contributed by atoms with E-state index in [1.165, 1.54) is 6.20 Å². The number of halogens is 6. The third-order valence-electron chi connectivity index (χ3n) is 5.39. The molecule has 0 bridgehead atoms.